The molecule has 1 amide bonds. The second-order valence-electron chi connectivity index (χ2n) is 5.00. The van der Waals surface area contributed by atoms with Crippen LogP contribution in [0.3, 0.4) is 0 Å². The number of nitrogens with one attached hydrogen (secondary N) is 1. The number of β-lactam (4-membered cyclic amide) rings is 1. The van der Waals surface area contributed by atoms with Gasteiger partial charge in [-0.15, -0.1) is 5.10 Å². The van der Waals surface area contributed by atoms with Gasteiger partial charge in [0.2, 0.25) is 0 Å². The minimum atomic E-state index is -1.15. The van der Waals surface area contributed by atoms with Crippen molar-refractivity contribution in [2.24, 2.45) is 0 Å². The monoisotopic (exact) mass is 330 g/mol. The van der Waals surface area contributed by atoms with Crippen LogP contribution in [0.5, 0.6) is 0 Å². The number of aromatic nitrogens is 3. The van der Waals surface area contributed by atoms with Crippen LogP contribution in [0.4, 0.5) is 0 Å². The first-order valence-corrected chi connectivity index (χ1v) is 7.57. The molecule has 0 bridgehead atoms. The molecular formula is C14H10N4O4S. The highest BCUT2D eigenvalue weighted by atomic mass is 32.2. The Bertz CT molecular complexity index is 867. The fourth-order valence-electron chi connectivity index (χ4n) is 2.66. The molecule has 0 aliphatic carbocycles. The van der Waals surface area contributed by atoms with Crippen molar-refractivity contribution >= 4 is 34.1 Å². The summed E-state index contributed by atoms with van der Waals surface area (Å²) >= 11 is 1.29. The molecule has 1 atom stereocenters. The number of rotatable bonds is 3. The molecule has 0 aromatic carbocycles. The molecule has 4 rings (SSSR count). The van der Waals surface area contributed by atoms with Gasteiger partial charge in [-0.05, 0) is 24.6 Å². The van der Waals surface area contributed by atoms with E-state index in [1.54, 1.807) is 25.3 Å². The number of carbonyl (C=O) groups is 2. The molecule has 4 heterocycles. The third-order valence-electron chi connectivity index (χ3n) is 3.77. The molecule has 8 nitrogen and oxygen atoms in total. The van der Waals surface area contributed by atoms with Crippen LogP contribution in [0.25, 0.3) is 10.5 Å². The summed E-state index contributed by atoms with van der Waals surface area (Å²) < 4.78 is 5.30. The van der Waals surface area contributed by atoms with Crippen LogP contribution < -0.4 is 0 Å². The molecule has 2 aliphatic heterocycles. The Morgan fingerprint density at radius 2 is 2.35 bits per heavy atom. The Morgan fingerprint density at radius 1 is 1.52 bits per heavy atom. The van der Waals surface area contributed by atoms with E-state index in [2.05, 4.69) is 15.4 Å². The molecule has 2 aliphatic rings. The lowest BCUT2D eigenvalue weighted by molar-refractivity contribution is -0.140. The van der Waals surface area contributed by atoms with Crippen LogP contribution in [0.2, 0.25) is 0 Å². The van der Waals surface area contributed by atoms with E-state index in [1.807, 2.05) is 0 Å². The zero-order chi connectivity index (χ0) is 16.1. The molecule has 2 N–H and O–H groups in total. The Balaban J connectivity index is 1.78. The molecular weight excluding hydrogens is 320 g/mol. The van der Waals surface area contributed by atoms with E-state index in [4.69, 9.17) is 4.42 Å². The van der Waals surface area contributed by atoms with Gasteiger partial charge in [-0.1, -0.05) is 17.0 Å². The number of nitrogens with zero attached hydrogens (tertiary/aromatic N) is 3. The van der Waals surface area contributed by atoms with E-state index in [1.165, 1.54) is 22.9 Å². The largest absolute Gasteiger partial charge is 0.477 e. The third kappa shape index (κ3) is 1.86. The maximum Gasteiger partial charge on any atom is 0.353 e. The maximum absolute atomic E-state index is 12.5. The number of amides is 1. The molecule has 0 saturated carbocycles. The van der Waals surface area contributed by atoms with Gasteiger partial charge in [0, 0.05) is 6.20 Å². The number of carbonyl (C=O) groups excluding carboxylic acids is 1. The molecule has 1 fully saturated rings. The average molecular weight is 330 g/mol. The second-order valence-corrected chi connectivity index (χ2v) is 6.09. The van der Waals surface area contributed by atoms with Crippen LogP contribution in [0, 0.1) is 0 Å². The van der Waals surface area contributed by atoms with E-state index >= 15 is 0 Å². The topological polar surface area (TPSA) is 112 Å². The van der Waals surface area contributed by atoms with E-state index in [0.29, 0.717) is 27.5 Å². The van der Waals surface area contributed by atoms with Crippen LogP contribution in [0.1, 0.15) is 18.4 Å². The molecule has 1 saturated heterocycles. The molecule has 0 unspecified atom stereocenters. The van der Waals surface area contributed by atoms with Crippen LogP contribution in [-0.2, 0) is 9.59 Å². The SMILES string of the molecule is C/C(=C1\C(=O)N2C(C(=O)O)=C(c3ccco3)S[C@H]12)c1c[nH]nn1. The quantitative estimate of drug-likeness (QED) is 0.648. The van der Waals surface area contributed by atoms with Gasteiger partial charge in [-0.3, -0.25) is 14.8 Å². The number of aliphatic carboxylic acids is 1. The number of aromatic amines is 1. The van der Waals surface area contributed by atoms with E-state index in [9.17, 15) is 14.7 Å². The van der Waals surface area contributed by atoms with Gasteiger partial charge in [0.25, 0.3) is 5.91 Å². The third-order valence-corrected chi connectivity index (χ3v) is 5.07. The second kappa shape index (κ2) is 4.85. The number of carboxylic acids is 1. The van der Waals surface area contributed by atoms with Crippen molar-refractivity contribution in [3.63, 3.8) is 0 Å². The number of allylic oxidation sites excluding steroid dienone is 1. The lowest BCUT2D eigenvalue weighted by Gasteiger charge is -2.38. The van der Waals surface area contributed by atoms with Crippen molar-refractivity contribution < 1.29 is 19.1 Å². The summed E-state index contributed by atoms with van der Waals surface area (Å²) in [6, 6.07) is 3.35. The lowest BCUT2D eigenvalue weighted by Crippen LogP contribution is -2.51. The first-order chi connectivity index (χ1) is 11.1. The first-order valence-electron chi connectivity index (χ1n) is 6.69. The summed E-state index contributed by atoms with van der Waals surface area (Å²) in [7, 11) is 0. The van der Waals surface area contributed by atoms with Gasteiger partial charge in [-0.2, -0.15) is 0 Å². The molecule has 0 spiro atoms. The summed E-state index contributed by atoms with van der Waals surface area (Å²) in [5, 5.41) is 19.2. The maximum atomic E-state index is 12.5. The molecule has 23 heavy (non-hydrogen) atoms. The highest BCUT2D eigenvalue weighted by Gasteiger charge is 2.54. The number of hydrogen-bond donors (Lipinski definition) is 2. The highest BCUT2D eigenvalue weighted by molar-refractivity contribution is 8.09. The van der Waals surface area contributed by atoms with Crippen LogP contribution in [0.15, 0.2) is 40.3 Å². The van der Waals surface area contributed by atoms with Gasteiger partial charge in [0.05, 0.1) is 16.7 Å². The lowest BCUT2D eigenvalue weighted by atomic mass is 9.97. The van der Waals surface area contributed by atoms with Crippen LogP contribution in [-0.4, -0.2) is 42.7 Å². The minimum Gasteiger partial charge on any atom is -0.477 e. The summed E-state index contributed by atoms with van der Waals surface area (Å²) in [5.74, 6) is -1.05. The molecule has 2 aromatic rings. The average Bonchev–Trinajstić information content (AvgIpc) is 3.25. The Hall–Kier alpha value is -2.81. The molecule has 0 radical (unpaired) electrons. The van der Waals surface area contributed by atoms with Gasteiger partial charge in [-0.25, -0.2) is 4.79 Å². The number of thioether (sulfide) groups is 1. The van der Waals surface area contributed by atoms with Crippen molar-refractivity contribution in [1.82, 2.24) is 20.3 Å². The Morgan fingerprint density at radius 3 is 2.96 bits per heavy atom. The fourth-order valence-corrected chi connectivity index (χ4v) is 4.12. The summed E-state index contributed by atoms with van der Waals surface area (Å²) in [6.07, 6.45) is 3.06. The standard InChI is InChI=1S/C14H10N4O4S/c1-6(7-5-15-17-16-7)9-12(19)18-10(14(20)21)11(23-13(9)18)8-3-2-4-22-8/h2-5,13H,1H3,(H,20,21)(H,15,16,17)/b9-6-/t13-/m1/s1. The van der Waals surface area contributed by atoms with Crippen molar-refractivity contribution in [3.05, 3.63) is 47.3 Å². The molecule has 2 aromatic heterocycles. The predicted molar refractivity (Wildman–Crippen MR) is 80.5 cm³/mol. The van der Waals surface area contributed by atoms with Crippen LogP contribution >= 0.6 is 11.8 Å². The number of fused-ring (bicyclic) bond motifs is 1. The Kier molecular flexibility index (Phi) is 2.91. The van der Waals surface area contributed by atoms with Crippen molar-refractivity contribution in [1.29, 1.82) is 0 Å². The number of H-pyrrole nitrogens is 1. The normalized spacial score (nSPS) is 22.2. The van der Waals surface area contributed by atoms with E-state index in [-0.39, 0.29) is 17.0 Å². The van der Waals surface area contributed by atoms with Crippen molar-refractivity contribution in [2.45, 2.75) is 12.3 Å². The van der Waals surface area contributed by atoms with Gasteiger partial charge < -0.3 is 9.52 Å². The summed E-state index contributed by atoms with van der Waals surface area (Å²) in [4.78, 5) is 25.8. The Labute approximate surface area is 133 Å². The number of furan rings is 1. The summed E-state index contributed by atoms with van der Waals surface area (Å²) in [6.45, 7) is 1.77. The number of hydrogen-bond acceptors (Lipinski definition) is 6. The van der Waals surface area contributed by atoms with Gasteiger partial charge in [0.15, 0.2) is 0 Å². The van der Waals surface area contributed by atoms with Crippen molar-refractivity contribution in [3.8, 4) is 0 Å². The minimum absolute atomic E-state index is 0.0448. The molecule has 116 valence electrons. The first kappa shape index (κ1) is 13.8. The van der Waals surface area contributed by atoms with Crippen molar-refractivity contribution in [2.75, 3.05) is 0 Å². The smallest absolute Gasteiger partial charge is 0.353 e. The fraction of sp³-hybridized carbons (Fsp3) is 0.143. The zero-order valence-electron chi connectivity index (χ0n) is 11.8. The zero-order valence-corrected chi connectivity index (χ0v) is 12.6. The van der Waals surface area contributed by atoms with Gasteiger partial charge in [0.1, 0.15) is 22.5 Å². The number of carboxylic acid groups (broad SMARTS) is 1. The van der Waals surface area contributed by atoms with E-state index < -0.39 is 5.97 Å². The molecule has 9 heteroatoms. The predicted octanol–water partition coefficient (Wildman–Crippen LogP) is 1.54. The summed E-state index contributed by atoms with van der Waals surface area (Å²) in [5.41, 5.74) is 1.74. The van der Waals surface area contributed by atoms with E-state index in [0.717, 1.165) is 0 Å². The highest BCUT2D eigenvalue weighted by Crippen LogP contribution is 2.54. The van der Waals surface area contributed by atoms with Gasteiger partial charge >= 0.3 is 5.97 Å².